The highest BCUT2D eigenvalue weighted by Gasteiger charge is 2.24. The maximum Gasteiger partial charge on any atom is 0.330 e. The highest BCUT2D eigenvalue weighted by molar-refractivity contribution is 5.97. The first-order chi connectivity index (χ1) is 16.9. The van der Waals surface area contributed by atoms with Crippen LogP contribution in [0.1, 0.15) is 83.1 Å². The second-order valence-electron chi connectivity index (χ2n) is 10.6. The van der Waals surface area contributed by atoms with Crippen LogP contribution in [0, 0.1) is 5.92 Å². The van der Waals surface area contributed by atoms with Crippen molar-refractivity contribution >= 4 is 23.3 Å². The van der Waals surface area contributed by atoms with Gasteiger partial charge >= 0.3 is 5.69 Å². The van der Waals surface area contributed by atoms with Crippen LogP contribution in [0.2, 0.25) is 0 Å². The van der Waals surface area contributed by atoms with Crippen LogP contribution in [0.3, 0.4) is 0 Å². The number of aromatic nitrogens is 2. The summed E-state index contributed by atoms with van der Waals surface area (Å²) in [4.78, 5) is 54.5. The molecule has 0 saturated carbocycles. The molecule has 2 rings (SSSR count). The largest absolute Gasteiger partial charge is 0.383 e. The lowest BCUT2D eigenvalue weighted by atomic mass is 9.87. The Kier molecular flexibility index (Phi) is 10.1. The van der Waals surface area contributed by atoms with Crippen LogP contribution >= 0.6 is 0 Å². The number of H-pyrrole nitrogens is 1. The van der Waals surface area contributed by atoms with Crippen LogP contribution in [0.5, 0.6) is 0 Å². The first-order valence-electron chi connectivity index (χ1n) is 12.7. The first-order valence-corrected chi connectivity index (χ1v) is 12.7. The molecule has 36 heavy (non-hydrogen) atoms. The molecule has 0 spiro atoms. The zero-order valence-corrected chi connectivity index (χ0v) is 22.4. The van der Waals surface area contributed by atoms with Gasteiger partial charge < -0.3 is 16.0 Å². The van der Waals surface area contributed by atoms with Gasteiger partial charge in [-0.15, -0.1) is 0 Å². The standard InChI is InChI=1S/C27H41N5O4/c1-7-8-16-32-23(28)22(25(35)30-26(32)36)31(17-14-18(2)3)21(33)13-15-29-24(34)19-9-11-20(12-10-19)27(4,5)6/h9-12,18H,7-8,13-17,28H2,1-6H3,(H,29,34)(H,30,35,36). The number of unbranched alkanes of at least 4 members (excludes halogenated alkanes) is 1. The zero-order valence-electron chi connectivity index (χ0n) is 22.4. The van der Waals surface area contributed by atoms with Gasteiger partial charge in [0.2, 0.25) is 5.91 Å². The molecule has 0 atom stereocenters. The predicted molar refractivity (Wildman–Crippen MR) is 145 cm³/mol. The molecule has 0 saturated heterocycles. The third-order valence-corrected chi connectivity index (χ3v) is 6.09. The minimum Gasteiger partial charge on any atom is -0.383 e. The number of nitrogens with zero attached hydrogens (tertiary/aromatic N) is 2. The minimum atomic E-state index is -0.690. The van der Waals surface area contributed by atoms with Crippen molar-refractivity contribution < 1.29 is 9.59 Å². The molecule has 0 aliphatic heterocycles. The van der Waals surface area contributed by atoms with E-state index in [-0.39, 0.29) is 54.2 Å². The molecule has 0 aliphatic carbocycles. The van der Waals surface area contributed by atoms with E-state index in [2.05, 4.69) is 31.1 Å². The normalized spacial score (nSPS) is 11.5. The molecule has 2 aromatic rings. The van der Waals surface area contributed by atoms with Crippen molar-refractivity contribution in [2.45, 2.75) is 79.2 Å². The van der Waals surface area contributed by atoms with Crippen LogP contribution in [0.15, 0.2) is 33.9 Å². The number of anilines is 2. The Hall–Kier alpha value is -3.36. The van der Waals surface area contributed by atoms with Crippen molar-refractivity contribution in [3.8, 4) is 0 Å². The summed E-state index contributed by atoms with van der Waals surface area (Å²) >= 11 is 0. The van der Waals surface area contributed by atoms with Gasteiger partial charge in [0, 0.05) is 31.6 Å². The number of carbonyl (C=O) groups excluding carboxylic acids is 2. The van der Waals surface area contributed by atoms with Gasteiger partial charge in [0.1, 0.15) is 5.82 Å². The lowest BCUT2D eigenvalue weighted by molar-refractivity contribution is -0.118. The first kappa shape index (κ1) is 28.9. The van der Waals surface area contributed by atoms with E-state index in [1.165, 1.54) is 9.47 Å². The topological polar surface area (TPSA) is 130 Å². The number of rotatable bonds is 11. The Morgan fingerprint density at radius 3 is 2.33 bits per heavy atom. The molecule has 9 nitrogen and oxygen atoms in total. The zero-order chi connectivity index (χ0) is 27.0. The summed E-state index contributed by atoms with van der Waals surface area (Å²) in [6.07, 6.45) is 2.18. The Bertz CT molecular complexity index is 1160. The van der Waals surface area contributed by atoms with E-state index in [1.54, 1.807) is 12.1 Å². The minimum absolute atomic E-state index is 0.0135. The van der Waals surface area contributed by atoms with E-state index in [4.69, 9.17) is 5.73 Å². The lowest BCUT2D eigenvalue weighted by Crippen LogP contribution is -2.42. The van der Waals surface area contributed by atoms with Crippen LogP contribution in [0.4, 0.5) is 11.5 Å². The third-order valence-electron chi connectivity index (χ3n) is 6.09. The van der Waals surface area contributed by atoms with E-state index in [0.29, 0.717) is 24.9 Å². The van der Waals surface area contributed by atoms with Crippen LogP contribution in [0.25, 0.3) is 0 Å². The fraction of sp³-hybridized carbons (Fsp3) is 0.556. The fourth-order valence-corrected chi connectivity index (χ4v) is 3.77. The van der Waals surface area contributed by atoms with Crippen LogP contribution in [-0.2, 0) is 16.8 Å². The number of nitrogens with one attached hydrogen (secondary N) is 2. The molecular formula is C27H41N5O4. The number of nitrogens with two attached hydrogens (primary N) is 1. The molecule has 0 aliphatic rings. The molecule has 198 valence electrons. The van der Waals surface area contributed by atoms with Gasteiger partial charge in [0.05, 0.1) is 0 Å². The number of amides is 2. The van der Waals surface area contributed by atoms with Crippen molar-refractivity contribution in [3.63, 3.8) is 0 Å². The summed E-state index contributed by atoms with van der Waals surface area (Å²) in [6, 6.07) is 7.39. The number of nitrogen functional groups attached to an aromatic ring is 1. The second-order valence-corrected chi connectivity index (χ2v) is 10.6. The van der Waals surface area contributed by atoms with E-state index in [9.17, 15) is 19.2 Å². The Morgan fingerprint density at radius 2 is 1.78 bits per heavy atom. The van der Waals surface area contributed by atoms with Gasteiger partial charge in [0.25, 0.3) is 11.5 Å². The quantitative estimate of drug-likeness (QED) is 0.436. The van der Waals surface area contributed by atoms with Gasteiger partial charge in [-0.25, -0.2) is 4.79 Å². The molecular weight excluding hydrogens is 458 g/mol. The number of carbonyl (C=O) groups is 2. The maximum absolute atomic E-state index is 13.2. The summed E-state index contributed by atoms with van der Waals surface area (Å²) in [5.41, 5.74) is 6.57. The highest BCUT2D eigenvalue weighted by Crippen LogP contribution is 2.22. The van der Waals surface area contributed by atoms with E-state index in [0.717, 1.165) is 12.0 Å². The smallest absolute Gasteiger partial charge is 0.330 e. The van der Waals surface area contributed by atoms with Crippen molar-refractivity contribution in [1.29, 1.82) is 0 Å². The maximum atomic E-state index is 13.2. The van der Waals surface area contributed by atoms with Gasteiger partial charge in [-0.05, 0) is 41.9 Å². The van der Waals surface area contributed by atoms with Crippen molar-refractivity contribution in [2.75, 3.05) is 23.7 Å². The fourth-order valence-electron chi connectivity index (χ4n) is 3.77. The molecule has 0 radical (unpaired) electrons. The highest BCUT2D eigenvalue weighted by atomic mass is 16.2. The average Bonchev–Trinajstić information content (AvgIpc) is 2.80. The lowest BCUT2D eigenvalue weighted by Gasteiger charge is -2.25. The molecule has 1 aromatic carbocycles. The van der Waals surface area contributed by atoms with E-state index >= 15 is 0 Å². The molecule has 4 N–H and O–H groups in total. The molecule has 9 heteroatoms. The van der Waals surface area contributed by atoms with E-state index < -0.39 is 11.2 Å². The predicted octanol–water partition coefficient (Wildman–Crippen LogP) is 3.42. The third kappa shape index (κ3) is 7.57. The Morgan fingerprint density at radius 1 is 1.14 bits per heavy atom. The summed E-state index contributed by atoms with van der Waals surface area (Å²) < 4.78 is 1.30. The summed E-state index contributed by atoms with van der Waals surface area (Å²) in [6.45, 7) is 13.1. The van der Waals surface area contributed by atoms with Crippen molar-refractivity contribution in [1.82, 2.24) is 14.9 Å². The Labute approximate surface area is 213 Å². The molecule has 0 bridgehead atoms. The van der Waals surface area contributed by atoms with Gasteiger partial charge in [-0.2, -0.15) is 0 Å². The number of benzene rings is 1. The number of hydrogen-bond donors (Lipinski definition) is 3. The molecule has 2 amide bonds. The molecule has 1 aromatic heterocycles. The second kappa shape index (κ2) is 12.6. The number of aromatic amines is 1. The molecule has 0 unspecified atom stereocenters. The van der Waals surface area contributed by atoms with Crippen molar-refractivity contribution in [2.24, 2.45) is 5.92 Å². The number of hydrogen-bond acceptors (Lipinski definition) is 5. The summed E-state index contributed by atoms with van der Waals surface area (Å²) in [5, 5.41) is 2.78. The average molecular weight is 500 g/mol. The monoisotopic (exact) mass is 499 g/mol. The summed E-state index contributed by atoms with van der Waals surface area (Å²) in [5.74, 6) is -0.362. The van der Waals surface area contributed by atoms with Gasteiger partial charge in [-0.3, -0.25) is 23.9 Å². The summed E-state index contributed by atoms with van der Waals surface area (Å²) in [7, 11) is 0. The van der Waals surface area contributed by atoms with Crippen LogP contribution < -0.4 is 27.2 Å². The molecule has 0 fully saturated rings. The van der Waals surface area contributed by atoms with Gasteiger partial charge in [0.15, 0.2) is 5.69 Å². The van der Waals surface area contributed by atoms with Gasteiger partial charge in [-0.1, -0.05) is 60.1 Å². The Balaban J connectivity index is 2.19. The van der Waals surface area contributed by atoms with Crippen molar-refractivity contribution in [3.05, 3.63) is 56.2 Å². The van der Waals surface area contributed by atoms with Crippen LogP contribution in [-0.4, -0.2) is 34.5 Å². The molecule has 1 heterocycles. The SMILES string of the molecule is CCCCn1c(N)c(N(CCC(C)C)C(=O)CCNC(=O)c2ccc(C(C)(C)C)cc2)c(=O)[nH]c1=O. The van der Waals surface area contributed by atoms with E-state index in [1.807, 2.05) is 32.9 Å².